The van der Waals surface area contributed by atoms with Gasteiger partial charge in [-0.3, -0.25) is 9.59 Å². The van der Waals surface area contributed by atoms with Gasteiger partial charge in [-0.15, -0.1) is 0 Å². The third-order valence-corrected chi connectivity index (χ3v) is 4.92. The number of aromatic nitrogens is 2. The summed E-state index contributed by atoms with van der Waals surface area (Å²) in [5, 5.41) is 4.11. The maximum Gasteiger partial charge on any atom is 0.274 e. The van der Waals surface area contributed by atoms with E-state index in [9.17, 15) is 9.59 Å². The standard InChI is InChI=1S/C18H20BrN3O2/c1-21-17(23)9-8-16(20-21)18(24)22-10-3-2-7-15(22)12-13-5-4-6-14(19)11-13/h4-6,8-9,11,15H,2-3,7,10,12H2,1H3. The molecule has 1 fully saturated rings. The van der Waals surface area contributed by atoms with Crippen molar-refractivity contribution in [2.45, 2.75) is 31.7 Å². The molecule has 24 heavy (non-hydrogen) atoms. The minimum Gasteiger partial charge on any atom is -0.334 e. The van der Waals surface area contributed by atoms with Crippen molar-refractivity contribution in [3.05, 3.63) is 62.5 Å². The Balaban J connectivity index is 1.82. The highest BCUT2D eigenvalue weighted by Gasteiger charge is 2.28. The molecule has 0 N–H and O–H groups in total. The third kappa shape index (κ3) is 3.75. The van der Waals surface area contributed by atoms with Gasteiger partial charge in [0, 0.05) is 30.2 Å². The van der Waals surface area contributed by atoms with Crippen molar-refractivity contribution in [3.8, 4) is 0 Å². The molecule has 3 rings (SSSR count). The van der Waals surface area contributed by atoms with Crippen LogP contribution in [0.3, 0.4) is 0 Å². The van der Waals surface area contributed by atoms with Gasteiger partial charge in [-0.1, -0.05) is 28.1 Å². The molecule has 1 aromatic heterocycles. The van der Waals surface area contributed by atoms with E-state index < -0.39 is 0 Å². The second-order valence-electron chi connectivity index (χ2n) is 6.16. The number of amides is 1. The van der Waals surface area contributed by atoms with Gasteiger partial charge in [0.1, 0.15) is 5.69 Å². The van der Waals surface area contributed by atoms with E-state index in [1.54, 1.807) is 7.05 Å². The zero-order valence-corrected chi connectivity index (χ0v) is 15.2. The van der Waals surface area contributed by atoms with Gasteiger partial charge in [-0.2, -0.15) is 5.10 Å². The second-order valence-corrected chi connectivity index (χ2v) is 7.08. The van der Waals surface area contributed by atoms with Gasteiger partial charge in [0.25, 0.3) is 11.5 Å². The minimum atomic E-state index is -0.212. The highest BCUT2D eigenvalue weighted by Crippen LogP contribution is 2.23. The Hall–Kier alpha value is -1.95. The molecule has 2 heterocycles. The van der Waals surface area contributed by atoms with Gasteiger partial charge >= 0.3 is 0 Å². The topological polar surface area (TPSA) is 55.2 Å². The van der Waals surface area contributed by atoms with Gasteiger partial charge in [-0.05, 0) is 49.4 Å². The molecule has 1 aliphatic rings. The summed E-state index contributed by atoms with van der Waals surface area (Å²) in [6, 6.07) is 11.3. The highest BCUT2D eigenvalue weighted by molar-refractivity contribution is 9.10. The van der Waals surface area contributed by atoms with E-state index in [1.807, 2.05) is 17.0 Å². The number of nitrogens with zero attached hydrogens (tertiary/aromatic N) is 3. The summed E-state index contributed by atoms with van der Waals surface area (Å²) < 4.78 is 2.26. The first kappa shape index (κ1) is 16.9. The van der Waals surface area contributed by atoms with Gasteiger partial charge in [-0.25, -0.2) is 4.68 Å². The average Bonchev–Trinajstić information content (AvgIpc) is 2.57. The fourth-order valence-electron chi connectivity index (χ4n) is 3.18. The lowest BCUT2D eigenvalue weighted by atomic mass is 9.95. The predicted octanol–water partition coefficient (Wildman–Crippen LogP) is 2.78. The molecule has 5 nitrogen and oxygen atoms in total. The Kier molecular flexibility index (Phi) is 5.14. The van der Waals surface area contributed by atoms with Crippen LogP contribution in [0.4, 0.5) is 0 Å². The van der Waals surface area contributed by atoms with E-state index in [4.69, 9.17) is 0 Å². The fraction of sp³-hybridized carbons (Fsp3) is 0.389. The van der Waals surface area contributed by atoms with Crippen molar-refractivity contribution < 1.29 is 4.79 Å². The number of hydrogen-bond donors (Lipinski definition) is 0. The number of likely N-dealkylation sites (tertiary alicyclic amines) is 1. The molecule has 2 aromatic rings. The van der Waals surface area contributed by atoms with Gasteiger partial charge in [0.2, 0.25) is 0 Å². The van der Waals surface area contributed by atoms with Gasteiger partial charge < -0.3 is 4.90 Å². The molecule has 1 atom stereocenters. The Morgan fingerprint density at radius 3 is 2.88 bits per heavy atom. The Bertz CT molecular complexity index is 803. The number of carbonyl (C=O) groups is 1. The smallest absolute Gasteiger partial charge is 0.274 e. The summed E-state index contributed by atoms with van der Waals surface area (Å²) in [6.45, 7) is 0.738. The van der Waals surface area contributed by atoms with Crippen LogP contribution in [0.2, 0.25) is 0 Å². The summed E-state index contributed by atoms with van der Waals surface area (Å²) in [5.41, 5.74) is 1.33. The summed E-state index contributed by atoms with van der Waals surface area (Å²) in [6.07, 6.45) is 3.95. The van der Waals surface area contributed by atoms with Crippen LogP contribution in [-0.2, 0) is 13.5 Å². The SMILES string of the molecule is Cn1nc(C(=O)N2CCCCC2Cc2cccc(Br)c2)ccc1=O. The van der Waals surface area contributed by atoms with E-state index in [0.29, 0.717) is 5.69 Å². The van der Waals surface area contributed by atoms with E-state index >= 15 is 0 Å². The highest BCUT2D eigenvalue weighted by atomic mass is 79.9. The molecule has 0 saturated carbocycles. The number of hydrogen-bond acceptors (Lipinski definition) is 3. The van der Waals surface area contributed by atoms with Crippen molar-refractivity contribution >= 4 is 21.8 Å². The molecule has 6 heteroatoms. The molecule has 1 amide bonds. The zero-order chi connectivity index (χ0) is 17.1. The second kappa shape index (κ2) is 7.30. The number of halogens is 1. The molecule has 0 spiro atoms. The molecular weight excluding hydrogens is 370 g/mol. The number of rotatable bonds is 3. The van der Waals surface area contributed by atoms with Crippen LogP contribution in [0.15, 0.2) is 45.7 Å². The van der Waals surface area contributed by atoms with Crippen molar-refractivity contribution in [2.24, 2.45) is 7.05 Å². The van der Waals surface area contributed by atoms with Crippen LogP contribution in [0, 0.1) is 0 Å². The summed E-state index contributed by atoms with van der Waals surface area (Å²) in [4.78, 5) is 26.3. The minimum absolute atomic E-state index is 0.0923. The van der Waals surface area contributed by atoms with Gasteiger partial charge in [0.05, 0.1) is 0 Å². The normalized spacial score (nSPS) is 17.8. The van der Waals surface area contributed by atoms with Gasteiger partial charge in [0.15, 0.2) is 0 Å². The van der Waals surface area contributed by atoms with E-state index in [-0.39, 0.29) is 17.5 Å². The molecule has 1 aliphatic heterocycles. The molecule has 1 saturated heterocycles. The van der Waals surface area contributed by atoms with Crippen molar-refractivity contribution in [2.75, 3.05) is 6.54 Å². The predicted molar refractivity (Wildman–Crippen MR) is 96.0 cm³/mol. The maximum absolute atomic E-state index is 12.9. The lowest BCUT2D eigenvalue weighted by Crippen LogP contribution is -2.45. The van der Waals surface area contributed by atoms with E-state index in [0.717, 1.165) is 36.7 Å². The number of aryl methyl sites for hydroxylation is 1. The Morgan fingerprint density at radius 1 is 1.29 bits per heavy atom. The molecule has 1 aromatic carbocycles. The molecular formula is C18H20BrN3O2. The van der Waals surface area contributed by atoms with Crippen molar-refractivity contribution in [1.82, 2.24) is 14.7 Å². The number of carbonyl (C=O) groups excluding carboxylic acids is 1. The quantitative estimate of drug-likeness (QED) is 0.810. The van der Waals surface area contributed by atoms with E-state index in [1.165, 1.54) is 22.4 Å². The van der Waals surface area contributed by atoms with Crippen molar-refractivity contribution in [1.29, 1.82) is 0 Å². The fourth-order valence-corrected chi connectivity index (χ4v) is 3.63. The molecule has 126 valence electrons. The van der Waals surface area contributed by atoms with Crippen LogP contribution in [-0.4, -0.2) is 33.2 Å². The first-order valence-corrected chi connectivity index (χ1v) is 8.93. The van der Waals surface area contributed by atoms with Crippen LogP contribution in [0.25, 0.3) is 0 Å². The lowest BCUT2D eigenvalue weighted by molar-refractivity contribution is 0.0605. The monoisotopic (exact) mass is 389 g/mol. The largest absolute Gasteiger partial charge is 0.334 e. The zero-order valence-electron chi connectivity index (χ0n) is 13.6. The first-order chi connectivity index (χ1) is 11.5. The van der Waals surface area contributed by atoms with E-state index in [2.05, 4.69) is 33.2 Å². The Labute approximate surface area is 149 Å². The molecule has 0 bridgehead atoms. The van der Waals surface area contributed by atoms with Crippen LogP contribution < -0.4 is 5.56 Å². The summed E-state index contributed by atoms with van der Waals surface area (Å²) in [7, 11) is 1.56. The summed E-state index contributed by atoms with van der Waals surface area (Å²) >= 11 is 3.50. The average molecular weight is 390 g/mol. The Morgan fingerprint density at radius 2 is 2.12 bits per heavy atom. The number of piperidine rings is 1. The van der Waals surface area contributed by atoms with Crippen LogP contribution in [0.5, 0.6) is 0 Å². The number of benzene rings is 1. The van der Waals surface area contributed by atoms with Crippen LogP contribution in [0.1, 0.15) is 35.3 Å². The molecule has 0 radical (unpaired) electrons. The maximum atomic E-state index is 12.9. The summed E-state index contributed by atoms with van der Waals surface area (Å²) in [5.74, 6) is -0.0923. The molecule has 0 aliphatic carbocycles. The first-order valence-electron chi connectivity index (χ1n) is 8.14. The lowest BCUT2D eigenvalue weighted by Gasteiger charge is -2.35. The van der Waals surface area contributed by atoms with Crippen LogP contribution >= 0.6 is 15.9 Å². The van der Waals surface area contributed by atoms with Crippen molar-refractivity contribution in [3.63, 3.8) is 0 Å². The molecule has 1 unspecified atom stereocenters. The third-order valence-electron chi connectivity index (χ3n) is 4.43.